The minimum Gasteiger partial charge on any atom is -0.383 e. The van der Waals surface area contributed by atoms with Gasteiger partial charge in [0.2, 0.25) is 0 Å². The van der Waals surface area contributed by atoms with Crippen LogP contribution in [0.15, 0.2) is 82.1 Å². The van der Waals surface area contributed by atoms with Crippen molar-refractivity contribution in [2.24, 2.45) is 9.98 Å². The smallest absolute Gasteiger partial charge is 0.0805 e. The van der Waals surface area contributed by atoms with Gasteiger partial charge in [-0.25, -0.2) is 0 Å². The molecule has 4 nitrogen and oxygen atoms in total. The minimum atomic E-state index is 0.803. The number of nitrogens with zero attached hydrogens (tertiary/aromatic N) is 2. The lowest BCUT2D eigenvalue weighted by Gasteiger charge is -2.13. The number of fused-ring (bicyclic) bond motifs is 2. The number of allylic oxidation sites excluding steroid dienone is 10. The Labute approximate surface area is 143 Å². The van der Waals surface area contributed by atoms with Crippen LogP contribution in [0.4, 0.5) is 0 Å². The third kappa shape index (κ3) is 4.69. The topological polar surface area (TPSA) is 48.8 Å². The van der Waals surface area contributed by atoms with E-state index in [0.29, 0.717) is 0 Å². The molecule has 2 aliphatic carbocycles. The molecule has 2 N–H and O–H groups in total. The lowest BCUT2D eigenvalue weighted by atomic mass is 10.2. The zero-order valence-corrected chi connectivity index (χ0v) is 13.9. The van der Waals surface area contributed by atoms with Gasteiger partial charge in [-0.3, -0.25) is 9.98 Å². The van der Waals surface area contributed by atoms with Gasteiger partial charge in [0.05, 0.1) is 22.8 Å². The van der Waals surface area contributed by atoms with E-state index in [1.54, 1.807) is 0 Å². The van der Waals surface area contributed by atoms with Crippen molar-refractivity contribution in [3.05, 3.63) is 72.2 Å². The second-order valence-electron chi connectivity index (χ2n) is 5.74. The first-order valence-electron chi connectivity index (χ1n) is 8.61. The maximum atomic E-state index is 4.76. The molecule has 0 fully saturated rings. The van der Waals surface area contributed by atoms with Gasteiger partial charge in [0.25, 0.3) is 0 Å². The Morgan fingerprint density at radius 2 is 1.12 bits per heavy atom. The average molecular weight is 320 g/mol. The number of rotatable bonds is 0. The van der Waals surface area contributed by atoms with Crippen LogP contribution in [0.5, 0.6) is 0 Å². The Bertz CT molecular complexity index is 624. The fourth-order valence-electron chi connectivity index (χ4n) is 2.65. The van der Waals surface area contributed by atoms with Crippen LogP contribution >= 0.6 is 0 Å². The molecule has 0 unspecified atom stereocenters. The largest absolute Gasteiger partial charge is 0.383 e. The molecule has 1 heterocycles. The summed E-state index contributed by atoms with van der Waals surface area (Å²) in [6.45, 7) is 3.38. The minimum absolute atomic E-state index is 0.803. The number of hydrogen-bond donors (Lipinski definition) is 2. The first-order chi connectivity index (χ1) is 11.9. The van der Waals surface area contributed by atoms with Gasteiger partial charge in [-0.05, 0) is 37.1 Å². The maximum Gasteiger partial charge on any atom is 0.0805 e. The third-order valence-corrected chi connectivity index (χ3v) is 3.90. The first-order valence-corrected chi connectivity index (χ1v) is 8.61. The van der Waals surface area contributed by atoms with E-state index in [0.717, 1.165) is 61.8 Å². The van der Waals surface area contributed by atoms with Gasteiger partial charge in [-0.15, -0.1) is 0 Å². The predicted molar refractivity (Wildman–Crippen MR) is 103 cm³/mol. The Morgan fingerprint density at radius 1 is 0.625 bits per heavy atom. The monoisotopic (exact) mass is 320 g/mol. The van der Waals surface area contributed by atoms with Gasteiger partial charge in [0.1, 0.15) is 0 Å². The summed E-state index contributed by atoms with van der Waals surface area (Å²) in [6, 6.07) is 0. The van der Waals surface area contributed by atoms with Crippen LogP contribution in [0.3, 0.4) is 0 Å². The highest BCUT2D eigenvalue weighted by Crippen LogP contribution is 2.06. The average Bonchev–Trinajstić information content (AvgIpc) is 2.95. The fraction of sp³-hybridized carbons (Fsp3) is 0.300. The molecular formula is C20H24N4. The summed E-state index contributed by atoms with van der Waals surface area (Å²) < 4.78 is 0. The van der Waals surface area contributed by atoms with Crippen molar-refractivity contribution in [3.63, 3.8) is 0 Å². The second-order valence-corrected chi connectivity index (χ2v) is 5.74. The van der Waals surface area contributed by atoms with Gasteiger partial charge in [-0.2, -0.15) is 0 Å². The van der Waals surface area contributed by atoms with Crippen molar-refractivity contribution < 1.29 is 0 Å². The van der Waals surface area contributed by atoms with Crippen LogP contribution in [0.25, 0.3) is 0 Å². The molecule has 4 heteroatoms. The van der Waals surface area contributed by atoms with Crippen LogP contribution in [0, 0.1) is 0 Å². The van der Waals surface area contributed by atoms with Gasteiger partial charge in [0, 0.05) is 26.2 Å². The number of hydrogen-bond acceptors (Lipinski definition) is 4. The van der Waals surface area contributed by atoms with E-state index in [2.05, 4.69) is 34.9 Å². The molecule has 124 valence electrons. The van der Waals surface area contributed by atoms with Crippen LogP contribution in [-0.2, 0) is 0 Å². The van der Waals surface area contributed by atoms with E-state index < -0.39 is 0 Å². The summed E-state index contributed by atoms with van der Waals surface area (Å²) in [4.78, 5) is 9.51. The highest BCUT2D eigenvalue weighted by molar-refractivity contribution is 6.09. The van der Waals surface area contributed by atoms with E-state index in [4.69, 9.17) is 9.98 Å². The summed E-state index contributed by atoms with van der Waals surface area (Å²) in [5.74, 6) is 0. The van der Waals surface area contributed by atoms with Gasteiger partial charge < -0.3 is 10.6 Å². The summed E-state index contributed by atoms with van der Waals surface area (Å²) in [5, 5.41) is 7.00. The maximum absolute atomic E-state index is 4.76. The molecule has 0 saturated carbocycles. The van der Waals surface area contributed by atoms with Crippen molar-refractivity contribution in [3.8, 4) is 0 Å². The van der Waals surface area contributed by atoms with Gasteiger partial charge in [-0.1, -0.05) is 36.5 Å². The first kappa shape index (κ1) is 16.2. The Balaban J connectivity index is 1.73. The van der Waals surface area contributed by atoms with Crippen molar-refractivity contribution in [1.29, 1.82) is 0 Å². The lowest BCUT2D eigenvalue weighted by Crippen LogP contribution is -2.24. The van der Waals surface area contributed by atoms with E-state index in [1.807, 2.05) is 36.5 Å². The molecule has 0 atom stereocenters. The Kier molecular flexibility index (Phi) is 6.00. The zero-order valence-electron chi connectivity index (χ0n) is 13.9. The van der Waals surface area contributed by atoms with Gasteiger partial charge >= 0.3 is 0 Å². The quantitative estimate of drug-likeness (QED) is 0.721. The summed E-state index contributed by atoms with van der Waals surface area (Å²) in [5.41, 5.74) is 4.25. The molecule has 0 bridgehead atoms. The molecule has 0 aromatic heterocycles. The van der Waals surface area contributed by atoms with E-state index in [-0.39, 0.29) is 0 Å². The van der Waals surface area contributed by atoms with E-state index in [1.165, 1.54) is 0 Å². The van der Waals surface area contributed by atoms with Crippen molar-refractivity contribution in [2.45, 2.75) is 12.8 Å². The molecule has 3 rings (SSSR count). The summed E-state index contributed by atoms with van der Waals surface area (Å²) in [7, 11) is 0. The summed E-state index contributed by atoms with van der Waals surface area (Å²) >= 11 is 0. The third-order valence-electron chi connectivity index (χ3n) is 3.90. The molecule has 0 saturated heterocycles. The van der Waals surface area contributed by atoms with E-state index >= 15 is 0 Å². The predicted octanol–water partition coefficient (Wildman–Crippen LogP) is 2.86. The van der Waals surface area contributed by atoms with Crippen LogP contribution in [-0.4, -0.2) is 37.6 Å². The molecule has 0 radical (unpaired) electrons. The molecular weight excluding hydrogens is 296 g/mol. The van der Waals surface area contributed by atoms with E-state index in [9.17, 15) is 0 Å². The van der Waals surface area contributed by atoms with Crippen molar-refractivity contribution in [1.82, 2.24) is 10.6 Å². The zero-order chi connectivity index (χ0) is 16.5. The van der Waals surface area contributed by atoms with Gasteiger partial charge in [0.15, 0.2) is 0 Å². The van der Waals surface area contributed by atoms with Crippen molar-refractivity contribution >= 4 is 11.4 Å². The summed E-state index contributed by atoms with van der Waals surface area (Å²) in [6.07, 6.45) is 22.5. The van der Waals surface area contributed by atoms with Crippen LogP contribution in [0.1, 0.15) is 12.8 Å². The molecule has 3 aliphatic rings. The molecule has 24 heavy (non-hydrogen) atoms. The standard InChI is InChI=1S/C20H24N4/c1-3-9-17-18(10-4-1)22-14-8-16-24-20-12-6-2-5-11-19(20)23-15-7-13-21-17/h1-6,9-12,21,24H,7-8,13-16H2. The van der Waals surface area contributed by atoms with Crippen LogP contribution in [0.2, 0.25) is 0 Å². The fourth-order valence-corrected chi connectivity index (χ4v) is 2.65. The molecule has 0 spiro atoms. The molecule has 0 amide bonds. The highest BCUT2D eigenvalue weighted by Gasteiger charge is 2.07. The highest BCUT2D eigenvalue weighted by atomic mass is 14.9. The molecule has 1 aliphatic heterocycles. The van der Waals surface area contributed by atoms with Crippen molar-refractivity contribution in [2.75, 3.05) is 26.2 Å². The Morgan fingerprint density at radius 3 is 1.62 bits per heavy atom. The second kappa shape index (κ2) is 8.87. The van der Waals surface area contributed by atoms with Crippen LogP contribution < -0.4 is 10.6 Å². The normalized spacial score (nSPS) is 21.3. The lowest BCUT2D eigenvalue weighted by molar-refractivity contribution is 0.732. The molecule has 0 aromatic rings. The Hall–Kier alpha value is -2.62. The SMILES string of the molecule is C1=CC=C2NCCCN=C3C=CC=CC=C3NCCCN=C2C=C1. The number of aliphatic imine (C=N–C) groups is 2. The number of nitrogens with one attached hydrogen (secondary N) is 2. The molecule has 0 aromatic carbocycles.